The number of rotatable bonds is 10. The van der Waals surface area contributed by atoms with Crippen LogP contribution in [0.2, 0.25) is 0 Å². The highest BCUT2D eigenvalue weighted by atomic mass is 16.5. The van der Waals surface area contributed by atoms with Crippen LogP contribution < -0.4 is 25.5 Å². The van der Waals surface area contributed by atoms with Gasteiger partial charge >= 0.3 is 0 Å². The zero-order valence-corrected chi connectivity index (χ0v) is 19.4. The highest BCUT2D eigenvalue weighted by molar-refractivity contribution is 5.89. The minimum absolute atomic E-state index is 0.0995. The first-order valence-corrected chi connectivity index (χ1v) is 11.4. The molecule has 1 amide bonds. The number of nitrogens with one attached hydrogen (secondary N) is 4. The van der Waals surface area contributed by atoms with Gasteiger partial charge in [-0.15, -0.1) is 5.10 Å². The fourth-order valence-electron chi connectivity index (χ4n) is 3.51. The number of H-pyrrole nitrogens is 1. The topological polar surface area (TPSA) is 120 Å². The van der Waals surface area contributed by atoms with Gasteiger partial charge in [0.15, 0.2) is 0 Å². The zero-order chi connectivity index (χ0) is 24.0. The van der Waals surface area contributed by atoms with Gasteiger partial charge in [-0.25, -0.2) is 5.43 Å². The molecular weight excluding hydrogens is 434 g/mol. The summed E-state index contributed by atoms with van der Waals surface area (Å²) in [5, 5.41) is 22.1. The summed E-state index contributed by atoms with van der Waals surface area (Å²) in [5.74, 6) is 1.82. The second-order valence-electron chi connectivity index (χ2n) is 8.95. The molecule has 5 N–H and O–H groups in total. The Labute approximate surface area is 198 Å². The molecule has 0 bridgehead atoms. The number of aromatic amines is 1. The van der Waals surface area contributed by atoms with Crippen molar-refractivity contribution in [3.8, 4) is 11.5 Å². The second kappa shape index (κ2) is 10.6. The Hall–Kier alpha value is -3.56. The third-order valence-electron chi connectivity index (χ3n) is 5.50. The molecule has 9 heteroatoms. The van der Waals surface area contributed by atoms with Gasteiger partial charge in [-0.1, -0.05) is 6.07 Å². The van der Waals surface area contributed by atoms with E-state index in [1.807, 2.05) is 54.7 Å². The van der Waals surface area contributed by atoms with Gasteiger partial charge in [0.2, 0.25) is 11.8 Å². The lowest BCUT2D eigenvalue weighted by atomic mass is 10.1. The van der Waals surface area contributed by atoms with Crippen LogP contribution in [0.15, 0.2) is 59.8 Å². The lowest BCUT2D eigenvalue weighted by molar-refractivity contribution is -0.121. The number of ether oxygens (including phenoxy) is 2. The minimum atomic E-state index is -0.641. The SMILES string of the molecule is CC(C)(CNc1ccc(OC2=NNC(=O)CC2)cc1)NCC(O)COc1cccc2[nH]ccc12. The van der Waals surface area contributed by atoms with Crippen molar-refractivity contribution < 1.29 is 19.4 Å². The van der Waals surface area contributed by atoms with Crippen molar-refractivity contribution in [2.24, 2.45) is 5.10 Å². The van der Waals surface area contributed by atoms with Crippen LogP contribution in [0.1, 0.15) is 26.7 Å². The third kappa shape index (κ3) is 6.49. The zero-order valence-electron chi connectivity index (χ0n) is 19.4. The van der Waals surface area contributed by atoms with Crippen molar-refractivity contribution in [3.05, 3.63) is 54.7 Å². The van der Waals surface area contributed by atoms with Crippen LogP contribution in [0.3, 0.4) is 0 Å². The number of hydrogen-bond donors (Lipinski definition) is 5. The monoisotopic (exact) mass is 465 g/mol. The molecule has 0 spiro atoms. The van der Waals surface area contributed by atoms with Crippen molar-refractivity contribution >= 4 is 28.4 Å². The van der Waals surface area contributed by atoms with Crippen LogP contribution >= 0.6 is 0 Å². The number of benzene rings is 2. The van der Waals surface area contributed by atoms with E-state index in [4.69, 9.17) is 9.47 Å². The number of anilines is 1. The highest BCUT2D eigenvalue weighted by Crippen LogP contribution is 2.24. The molecule has 0 aliphatic carbocycles. The van der Waals surface area contributed by atoms with Gasteiger partial charge in [-0.2, -0.15) is 0 Å². The van der Waals surface area contributed by atoms with Gasteiger partial charge in [0, 0.05) is 54.3 Å². The second-order valence-corrected chi connectivity index (χ2v) is 8.95. The molecule has 2 heterocycles. The first-order valence-electron chi connectivity index (χ1n) is 11.4. The summed E-state index contributed by atoms with van der Waals surface area (Å²) in [6.07, 6.45) is 2.10. The van der Waals surface area contributed by atoms with Gasteiger partial charge < -0.3 is 30.2 Å². The number of hydrogen-bond acceptors (Lipinski definition) is 7. The Balaban J connectivity index is 1.19. The summed E-state index contributed by atoms with van der Waals surface area (Å²) in [7, 11) is 0. The van der Waals surface area contributed by atoms with Crippen LogP contribution in [-0.2, 0) is 4.79 Å². The number of nitrogens with zero attached hydrogens (tertiary/aromatic N) is 1. The summed E-state index contributed by atoms with van der Waals surface area (Å²) in [6, 6.07) is 15.3. The van der Waals surface area contributed by atoms with E-state index in [0.29, 0.717) is 37.6 Å². The Morgan fingerprint density at radius 2 is 1.97 bits per heavy atom. The third-order valence-corrected chi connectivity index (χ3v) is 5.50. The fourth-order valence-corrected chi connectivity index (χ4v) is 3.51. The molecule has 2 aromatic carbocycles. The van der Waals surface area contributed by atoms with E-state index in [1.54, 1.807) is 0 Å². The largest absolute Gasteiger partial charge is 0.490 e. The Morgan fingerprint density at radius 3 is 2.74 bits per heavy atom. The van der Waals surface area contributed by atoms with E-state index < -0.39 is 6.10 Å². The molecule has 4 rings (SSSR count). The number of hydrazone groups is 1. The molecule has 0 fully saturated rings. The summed E-state index contributed by atoms with van der Waals surface area (Å²) in [4.78, 5) is 14.3. The van der Waals surface area contributed by atoms with Crippen LogP contribution in [0, 0.1) is 0 Å². The van der Waals surface area contributed by atoms with Crippen molar-refractivity contribution in [1.29, 1.82) is 0 Å². The molecule has 1 aliphatic heterocycles. The predicted molar refractivity (Wildman–Crippen MR) is 132 cm³/mol. The smallest absolute Gasteiger partial charge is 0.240 e. The first-order chi connectivity index (χ1) is 16.4. The van der Waals surface area contributed by atoms with E-state index in [-0.39, 0.29) is 18.1 Å². The lowest BCUT2D eigenvalue weighted by Crippen LogP contribution is -2.49. The first kappa shape index (κ1) is 23.6. The molecule has 180 valence electrons. The standard InChI is InChI=1S/C25H31N5O4/c1-25(2,28-14-18(31)15-33-22-5-3-4-21-20(22)12-13-26-21)16-27-17-6-8-19(9-7-17)34-24-11-10-23(32)29-30-24/h3-9,12-13,18,26-28,31H,10-11,14-16H2,1-2H3,(H,29,32). The van der Waals surface area contributed by atoms with Crippen molar-refractivity contribution in [1.82, 2.24) is 15.7 Å². The number of aliphatic hydroxyl groups is 1. The van der Waals surface area contributed by atoms with E-state index in [9.17, 15) is 9.90 Å². The van der Waals surface area contributed by atoms with Crippen molar-refractivity contribution in [3.63, 3.8) is 0 Å². The lowest BCUT2D eigenvalue weighted by Gasteiger charge is -2.28. The highest BCUT2D eigenvalue weighted by Gasteiger charge is 2.19. The maximum absolute atomic E-state index is 11.2. The molecule has 3 aromatic rings. The summed E-state index contributed by atoms with van der Waals surface area (Å²) < 4.78 is 11.5. The number of aromatic nitrogens is 1. The fraction of sp³-hybridized carbons (Fsp3) is 0.360. The maximum atomic E-state index is 11.2. The number of β-amino-alcohol motifs (C(OH)–C–C–N with tert-alkyl or cyclic N) is 1. The van der Waals surface area contributed by atoms with E-state index in [1.165, 1.54) is 0 Å². The number of amides is 1. The Kier molecular flexibility index (Phi) is 7.34. The van der Waals surface area contributed by atoms with Crippen LogP contribution in [0.25, 0.3) is 10.9 Å². The molecule has 0 radical (unpaired) electrons. The van der Waals surface area contributed by atoms with Crippen molar-refractivity contribution in [2.45, 2.75) is 38.3 Å². The van der Waals surface area contributed by atoms with Crippen molar-refractivity contribution in [2.75, 3.05) is 25.0 Å². The molecule has 1 aliphatic rings. The number of carbonyl (C=O) groups is 1. The van der Waals surface area contributed by atoms with Gasteiger partial charge in [0.1, 0.15) is 24.2 Å². The maximum Gasteiger partial charge on any atom is 0.240 e. The molecule has 1 atom stereocenters. The molecule has 34 heavy (non-hydrogen) atoms. The summed E-state index contributed by atoms with van der Waals surface area (Å²) in [6.45, 7) is 5.41. The van der Waals surface area contributed by atoms with Gasteiger partial charge in [0.05, 0.1) is 0 Å². The van der Waals surface area contributed by atoms with Crippen LogP contribution in [-0.4, -0.2) is 53.2 Å². The Morgan fingerprint density at radius 1 is 1.15 bits per heavy atom. The van der Waals surface area contributed by atoms with Gasteiger partial charge in [-0.05, 0) is 56.3 Å². The molecule has 1 unspecified atom stereocenters. The number of aliphatic hydroxyl groups excluding tert-OH is 1. The molecule has 0 saturated heterocycles. The normalized spacial score (nSPS) is 14.9. The predicted octanol–water partition coefficient (Wildman–Crippen LogP) is 2.99. The molecule has 0 saturated carbocycles. The average molecular weight is 466 g/mol. The molecular formula is C25H31N5O4. The Bertz CT molecular complexity index is 1140. The van der Waals surface area contributed by atoms with E-state index in [0.717, 1.165) is 22.3 Å². The van der Waals surface area contributed by atoms with E-state index in [2.05, 4.69) is 40.0 Å². The molecule has 1 aromatic heterocycles. The number of fused-ring (bicyclic) bond motifs is 1. The van der Waals surface area contributed by atoms with Crippen LogP contribution in [0.4, 0.5) is 5.69 Å². The van der Waals surface area contributed by atoms with Gasteiger partial charge in [-0.3, -0.25) is 4.79 Å². The number of carbonyl (C=O) groups excluding carboxylic acids is 1. The quantitative estimate of drug-likeness (QED) is 0.314. The average Bonchev–Trinajstić information content (AvgIpc) is 3.32. The summed E-state index contributed by atoms with van der Waals surface area (Å²) >= 11 is 0. The summed E-state index contributed by atoms with van der Waals surface area (Å²) in [5.41, 5.74) is 4.12. The van der Waals surface area contributed by atoms with Crippen LogP contribution in [0.5, 0.6) is 11.5 Å². The van der Waals surface area contributed by atoms with E-state index >= 15 is 0 Å². The minimum Gasteiger partial charge on any atom is -0.490 e. The van der Waals surface area contributed by atoms with Gasteiger partial charge in [0.25, 0.3) is 0 Å². The molecule has 9 nitrogen and oxygen atoms in total.